The van der Waals surface area contributed by atoms with E-state index in [0.717, 1.165) is 0 Å². The largest absolute Gasteiger partial charge is 0.409 e. The minimum atomic E-state index is -0.447. The van der Waals surface area contributed by atoms with Gasteiger partial charge in [-0.25, -0.2) is 4.39 Å². The molecule has 0 fully saturated rings. The highest BCUT2D eigenvalue weighted by Crippen LogP contribution is 2.30. The van der Waals surface area contributed by atoms with E-state index in [1.165, 1.54) is 11.8 Å². The minimum Gasteiger partial charge on any atom is -0.409 e. The van der Waals surface area contributed by atoms with Gasteiger partial charge in [0.05, 0.1) is 4.47 Å². The van der Waals surface area contributed by atoms with Gasteiger partial charge < -0.3 is 16.0 Å². The van der Waals surface area contributed by atoms with Gasteiger partial charge in [0.1, 0.15) is 0 Å². The number of halogens is 2. The van der Waals surface area contributed by atoms with Crippen LogP contribution in [0.1, 0.15) is 12.0 Å². The zero-order valence-electron chi connectivity index (χ0n) is 8.86. The van der Waals surface area contributed by atoms with Crippen molar-refractivity contribution >= 4 is 33.5 Å². The Morgan fingerprint density at radius 3 is 2.82 bits per heavy atom. The van der Waals surface area contributed by atoms with Gasteiger partial charge in [0, 0.05) is 22.8 Å². The summed E-state index contributed by atoms with van der Waals surface area (Å²) in [5.41, 5.74) is 5.70. The average Bonchev–Trinajstić information content (AvgIpc) is 2.34. The summed E-state index contributed by atoms with van der Waals surface area (Å²) < 4.78 is 14.0. The van der Waals surface area contributed by atoms with Gasteiger partial charge in [0.15, 0.2) is 11.7 Å². The first-order chi connectivity index (χ1) is 8.11. The molecule has 1 rings (SSSR count). The van der Waals surface area contributed by atoms with Gasteiger partial charge >= 0.3 is 0 Å². The normalized spacial score (nSPS) is 11.8. The van der Waals surface area contributed by atoms with E-state index < -0.39 is 5.82 Å². The van der Waals surface area contributed by atoms with Gasteiger partial charge in [-0.1, -0.05) is 5.16 Å². The zero-order chi connectivity index (χ0) is 12.8. The molecule has 4 N–H and O–H groups in total. The van der Waals surface area contributed by atoms with Crippen molar-refractivity contribution in [3.8, 4) is 0 Å². The lowest BCUT2D eigenvalue weighted by Crippen LogP contribution is -2.14. The third-order valence-electron chi connectivity index (χ3n) is 1.99. The third-order valence-corrected chi connectivity index (χ3v) is 3.88. The second-order valence-electron chi connectivity index (χ2n) is 3.15. The van der Waals surface area contributed by atoms with Gasteiger partial charge in [0.2, 0.25) is 0 Å². The van der Waals surface area contributed by atoms with E-state index in [1.54, 1.807) is 12.1 Å². The highest BCUT2D eigenvalue weighted by molar-refractivity contribution is 9.10. The molecular weight excluding hydrogens is 311 g/mol. The molecule has 94 valence electrons. The van der Waals surface area contributed by atoms with E-state index in [1.807, 2.05) is 0 Å². The molecule has 17 heavy (non-hydrogen) atoms. The lowest BCUT2D eigenvalue weighted by atomic mass is 10.2. The molecule has 0 aliphatic heterocycles. The first kappa shape index (κ1) is 14.3. The Kier molecular flexibility index (Phi) is 5.73. The first-order valence-electron chi connectivity index (χ1n) is 4.81. The smallest absolute Gasteiger partial charge is 0.171 e. The van der Waals surface area contributed by atoms with Crippen molar-refractivity contribution < 1.29 is 14.7 Å². The molecule has 0 bridgehead atoms. The molecule has 0 saturated carbocycles. The van der Waals surface area contributed by atoms with Gasteiger partial charge in [-0.2, -0.15) is 0 Å². The number of aliphatic hydroxyl groups is 1. The topological polar surface area (TPSA) is 78.8 Å². The number of benzene rings is 1. The molecule has 7 heteroatoms. The summed E-state index contributed by atoms with van der Waals surface area (Å²) in [5, 5.41) is 20.0. The van der Waals surface area contributed by atoms with Crippen LogP contribution in [-0.4, -0.2) is 28.5 Å². The number of oxime groups is 1. The molecule has 0 radical (unpaired) electrons. The van der Waals surface area contributed by atoms with Crippen LogP contribution in [0, 0.1) is 5.82 Å². The second-order valence-corrected chi connectivity index (χ2v) is 5.08. The quantitative estimate of drug-likeness (QED) is 0.194. The molecule has 0 aliphatic rings. The molecule has 0 unspecified atom stereocenters. The maximum atomic E-state index is 13.9. The van der Waals surface area contributed by atoms with E-state index in [-0.39, 0.29) is 16.9 Å². The van der Waals surface area contributed by atoms with Crippen LogP contribution in [0.3, 0.4) is 0 Å². The Labute approximate surface area is 111 Å². The summed E-state index contributed by atoms with van der Waals surface area (Å²) in [6, 6.07) is 3.14. The number of aliphatic hydroxyl groups excluding tert-OH is 1. The first-order valence-corrected chi connectivity index (χ1v) is 6.59. The Balaban J connectivity index is 2.94. The van der Waals surface area contributed by atoms with E-state index in [0.29, 0.717) is 22.6 Å². The summed E-state index contributed by atoms with van der Waals surface area (Å²) in [4.78, 5) is 0.458. The van der Waals surface area contributed by atoms with Crippen LogP contribution in [-0.2, 0) is 0 Å². The van der Waals surface area contributed by atoms with Crippen molar-refractivity contribution in [2.45, 2.75) is 11.3 Å². The van der Waals surface area contributed by atoms with Gasteiger partial charge in [-0.15, -0.1) is 11.8 Å². The predicted molar refractivity (Wildman–Crippen MR) is 69.0 cm³/mol. The summed E-state index contributed by atoms with van der Waals surface area (Å²) in [6.45, 7) is 0.0813. The van der Waals surface area contributed by atoms with Gasteiger partial charge in [-0.3, -0.25) is 0 Å². The highest BCUT2D eigenvalue weighted by Gasteiger charge is 2.14. The number of rotatable bonds is 5. The summed E-state index contributed by atoms with van der Waals surface area (Å²) in [7, 11) is 0. The fourth-order valence-electron chi connectivity index (χ4n) is 1.14. The standard InChI is InChI=1S/C10H12BrFN2O2S/c11-8-6(10(13)14-16)2-3-7(9(8)12)17-5-1-4-15/h2-3,15-16H,1,4-5H2,(H2,13,14). The van der Waals surface area contributed by atoms with Crippen molar-refractivity contribution in [1.29, 1.82) is 0 Å². The molecule has 1 aromatic rings. The summed E-state index contributed by atoms with van der Waals surface area (Å²) >= 11 is 4.38. The molecule has 4 nitrogen and oxygen atoms in total. The van der Waals surface area contributed by atoms with Gasteiger partial charge in [-0.05, 0) is 34.5 Å². The number of hydrogen-bond donors (Lipinski definition) is 3. The minimum absolute atomic E-state index is 0.0813. The maximum absolute atomic E-state index is 13.9. The van der Waals surface area contributed by atoms with Crippen molar-refractivity contribution in [3.05, 3.63) is 28.0 Å². The van der Waals surface area contributed by atoms with Crippen LogP contribution in [0.15, 0.2) is 26.7 Å². The molecule has 0 heterocycles. The number of hydrogen-bond acceptors (Lipinski definition) is 4. The molecule has 0 spiro atoms. The lowest BCUT2D eigenvalue weighted by Gasteiger charge is -2.08. The van der Waals surface area contributed by atoms with Crippen molar-refractivity contribution in [2.75, 3.05) is 12.4 Å². The fourth-order valence-corrected chi connectivity index (χ4v) is 2.71. The molecule has 0 amide bonds. The summed E-state index contributed by atoms with van der Waals surface area (Å²) in [6.07, 6.45) is 0.601. The Morgan fingerprint density at radius 2 is 2.24 bits per heavy atom. The average molecular weight is 323 g/mol. The molecular formula is C10H12BrFN2O2S. The van der Waals surface area contributed by atoms with Crippen LogP contribution >= 0.6 is 27.7 Å². The molecule has 0 aromatic heterocycles. The number of nitrogens with zero attached hydrogens (tertiary/aromatic N) is 1. The monoisotopic (exact) mass is 322 g/mol. The second kappa shape index (κ2) is 6.83. The number of thioether (sulfide) groups is 1. The Bertz CT molecular complexity index is 429. The van der Waals surface area contributed by atoms with E-state index in [4.69, 9.17) is 16.0 Å². The van der Waals surface area contributed by atoms with Crippen molar-refractivity contribution in [1.82, 2.24) is 0 Å². The third kappa shape index (κ3) is 3.58. The van der Waals surface area contributed by atoms with Crippen LogP contribution in [0.4, 0.5) is 4.39 Å². The van der Waals surface area contributed by atoms with Crippen LogP contribution in [0.5, 0.6) is 0 Å². The van der Waals surface area contributed by atoms with E-state index in [9.17, 15) is 4.39 Å². The van der Waals surface area contributed by atoms with Crippen LogP contribution in [0.2, 0.25) is 0 Å². The van der Waals surface area contributed by atoms with Crippen LogP contribution in [0.25, 0.3) is 0 Å². The predicted octanol–water partition coefficient (Wildman–Crippen LogP) is 2.16. The van der Waals surface area contributed by atoms with Crippen molar-refractivity contribution in [3.63, 3.8) is 0 Å². The highest BCUT2D eigenvalue weighted by atomic mass is 79.9. The molecule has 0 saturated heterocycles. The fraction of sp³-hybridized carbons (Fsp3) is 0.300. The number of amidine groups is 1. The van der Waals surface area contributed by atoms with Crippen molar-refractivity contribution in [2.24, 2.45) is 10.9 Å². The van der Waals surface area contributed by atoms with E-state index >= 15 is 0 Å². The maximum Gasteiger partial charge on any atom is 0.171 e. The molecule has 1 aromatic carbocycles. The van der Waals surface area contributed by atoms with Gasteiger partial charge in [0.25, 0.3) is 0 Å². The van der Waals surface area contributed by atoms with E-state index in [2.05, 4.69) is 21.1 Å². The molecule has 0 atom stereocenters. The Hall–Kier alpha value is -0.790. The lowest BCUT2D eigenvalue weighted by molar-refractivity contribution is 0.296. The SMILES string of the molecule is N/C(=N/O)c1ccc(SCCCO)c(F)c1Br. The molecule has 0 aliphatic carbocycles. The zero-order valence-corrected chi connectivity index (χ0v) is 11.3. The summed E-state index contributed by atoms with van der Waals surface area (Å²) in [5.74, 6) is 0.0303. The number of nitrogens with two attached hydrogens (primary N) is 1. The Morgan fingerprint density at radius 1 is 1.53 bits per heavy atom. The van der Waals surface area contributed by atoms with Crippen LogP contribution < -0.4 is 5.73 Å².